The fourth-order valence-electron chi connectivity index (χ4n) is 1.30. The number of hydrogen-bond acceptors (Lipinski definition) is 5. The van der Waals surface area contributed by atoms with E-state index in [1.54, 1.807) is 12.1 Å². The van der Waals surface area contributed by atoms with Gasteiger partial charge in [-0.3, -0.25) is 4.57 Å². The molecule has 0 amide bonds. The van der Waals surface area contributed by atoms with Gasteiger partial charge in [-0.05, 0) is 17.7 Å². The van der Waals surface area contributed by atoms with Crippen LogP contribution in [0.25, 0.3) is 0 Å². The molecule has 1 aromatic carbocycles. The van der Waals surface area contributed by atoms with E-state index < -0.39 is 26.3 Å². The Kier molecular flexibility index (Phi) is 5.49. The lowest BCUT2D eigenvalue weighted by Crippen LogP contribution is -2.52. The van der Waals surface area contributed by atoms with Crippen molar-refractivity contribution in [3.8, 4) is 5.75 Å². The van der Waals surface area contributed by atoms with Crippen LogP contribution in [0.2, 0.25) is 0 Å². The van der Waals surface area contributed by atoms with Gasteiger partial charge in [0.15, 0.2) is 0 Å². The van der Waals surface area contributed by atoms with Crippen LogP contribution in [0.3, 0.4) is 0 Å². The van der Waals surface area contributed by atoms with Crippen molar-refractivity contribution in [2.24, 2.45) is 5.73 Å². The summed E-state index contributed by atoms with van der Waals surface area (Å²) in [4.78, 5) is 17.6. The second-order valence-electron chi connectivity index (χ2n) is 4.43. The van der Waals surface area contributed by atoms with Crippen molar-refractivity contribution in [2.45, 2.75) is 11.7 Å². The van der Waals surface area contributed by atoms with Crippen LogP contribution in [0.1, 0.15) is 5.56 Å². The van der Waals surface area contributed by atoms with Crippen LogP contribution >= 0.6 is 7.60 Å². The van der Waals surface area contributed by atoms with Gasteiger partial charge in [-0.25, -0.2) is 0 Å². The number of ether oxygens (including phenoxy) is 1. The highest BCUT2D eigenvalue weighted by Gasteiger charge is 2.24. The van der Waals surface area contributed by atoms with E-state index >= 15 is 0 Å². The number of benzene rings is 1. The van der Waals surface area contributed by atoms with E-state index in [9.17, 15) is 4.57 Å². The van der Waals surface area contributed by atoms with Crippen LogP contribution in [0.15, 0.2) is 24.3 Å². The molecule has 0 unspecified atom stereocenters. The van der Waals surface area contributed by atoms with Gasteiger partial charge in [-0.2, -0.15) is 0 Å². The highest BCUT2D eigenvalue weighted by Crippen LogP contribution is 2.39. The van der Waals surface area contributed by atoms with E-state index in [0.717, 1.165) is 0 Å². The van der Waals surface area contributed by atoms with Crippen LogP contribution < -0.4 is 10.5 Å². The third kappa shape index (κ3) is 5.69. The molecule has 0 heterocycles. The number of rotatable bonds is 7. The standard InChI is InChI=1S/C11H18NO6P/c12-11(6-13,7-14)8-18-10-3-1-9(2-4-10)5-19(15,16)17/h1-4,13-14H,5-8,12H2,(H2,15,16,17). The Bertz CT molecular complexity index is 439. The molecule has 0 fully saturated rings. The molecular weight excluding hydrogens is 273 g/mol. The molecule has 0 radical (unpaired) electrons. The van der Waals surface area contributed by atoms with Gasteiger partial charge in [0.05, 0.1) is 24.9 Å². The SMILES string of the molecule is NC(CO)(CO)COc1ccc(CP(=O)(O)O)cc1. The fraction of sp³-hybridized carbons (Fsp3) is 0.455. The van der Waals surface area contributed by atoms with Gasteiger partial charge in [-0.1, -0.05) is 12.1 Å². The zero-order valence-electron chi connectivity index (χ0n) is 10.3. The van der Waals surface area contributed by atoms with Gasteiger partial charge in [-0.15, -0.1) is 0 Å². The summed E-state index contributed by atoms with van der Waals surface area (Å²) in [5, 5.41) is 18.0. The second kappa shape index (κ2) is 6.47. The molecule has 7 nitrogen and oxygen atoms in total. The Morgan fingerprint density at radius 3 is 2.11 bits per heavy atom. The number of nitrogens with two attached hydrogens (primary N) is 1. The summed E-state index contributed by atoms with van der Waals surface area (Å²) < 4.78 is 16.1. The molecule has 0 aliphatic heterocycles. The molecule has 6 N–H and O–H groups in total. The predicted molar refractivity (Wildman–Crippen MR) is 68.8 cm³/mol. The van der Waals surface area contributed by atoms with Gasteiger partial charge in [0.25, 0.3) is 0 Å². The highest BCUT2D eigenvalue weighted by molar-refractivity contribution is 7.50. The first-order valence-corrected chi connectivity index (χ1v) is 7.35. The van der Waals surface area contributed by atoms with E-state index in [1.165, 1.54) is 12.1 Å². The largest absolute Gasteiger partial charge is 0.491 e. The highest BCUT2D eigenvalue weighted by atomic mass is 31.2. The quantitative estimate of drug-likeness (QED) is 0.424. The first-order chi connectivity index (χ1) is 8.78. The third-order valence-electron chi connectivity index (χ3n) is 2.47. The maximum atomic E-state index is 10.8. The van der Waals surface area contributed by atoms with Gasteiger partial charge >= 0.3 is 7.60 Å². The summed E-state index contributed by atoms with van der Waals surface area (Å²) in [7, 11) is -4.08. The maximum Gasteiger partial charge on any atom is 0.329 e. The fourth-order valence-corrected chi connectivity index (χ4v) is 1.98. The van der Waals surface area contributed by atoms with Crippen LogP contribution in [-0.4, -0.2) is 45.4 Å². The summed E-state index contributed by atoms with van der Waals surface area (Å²) in [5.74, 6) is 0.436. The Hall–Kier alpha value is -0.950. The van der Waals surface area contributed by atoms with Crippen molar-refractivity contribution in [1.29, 1.82) is 0 Å². The third-order valence-corrected chi connectivity index (χ3v) is 3.25. The number of aliphatic hydroxyl groups is 2. The van der Waals surface area contributed by atoms with Gasteiger partial charge in [0, 0.05) is 0 Å². The lowest BCUT2D eigenvalue weighted by atomic mass is 10.1. The predicted octanol–water partition coefficient (Wildman–Crippen LogP) is -0.575. The first kappa shape index (κ1) is 16.1. The monoisotopic (exact) mass is 291 g/mol. The van der Waals surface area contributed by atoms with E-state index in [1.807, 2.05) is 0 Å². The van der Waals surface area contributed by atoms with Gasteiger partial charge in [0.2, 0.25) is 0 Å². The molecule has 0 aliphatic carbocycles. The lowest BCUT2D eigenvalue weighted by Gasteiger charge is -2.24. The summed E-state index contributed by atoms with van der Waals surface area (Å²) in [6, 6.07) is 6.15. The summed E-state index contributed by atoms with van der Waals surface area (Å²) in [5.41, 5.74) is 4.90. The topological polar surface area (TPSA) is 133 Å². The van der Waals surface area contributed by atoms with Crippen molar-refractivity contribution in [3.63, 3.8) is 0 Å². The average Bonchev–Trinajstić information content (AvgIpc) is 2.36. The van der Waals surface area contributed by atoms with Crippen molar-refractivity contribution >= 4 is 7.60 Å². The molecule has 8 heteroatoms. The molecule has 0 saturated heterocycles. The van der Waals surface area contributed by atoms with E-state index in [0.29, 0.717) is 11.3 Å². The summed E-state index contributed by atoms with van der Waals surface area (Å²) in [6.45, 7) is -0.905. The minimum Gasteiger partial charge on any atom is -0.491 e. The molecule has 0 saturated carbocycles. The minimum absolute atomic E-state index is 0.0716. The normalized spacial score (nSPS) is 12.5. The molecular formula is C11H18NO6P. The molecule has 19 heavy (non-hydrogen) atoms. The Morgan fingerprint density at radius 2 is 1.68 bits per heavy atom. The molecule has 0 bridgehead atoms. The summed E-state index contributed by atoms with van der Waals surface area (Å²) >= 11 is 0. The summed E-state index contributed by atoms with van der Waals surface area (Å²) in [6.07, 6.45) is -0.332. The number of aliphatic hydroxyl groups excluding tert-OH is 2. The van der Waals surface area contributed by atoms with Crippen LogP contribution in [0.4, 0.5) is 0 Å². The van der Waals surface area contributed by atoms with Crippen molar-refractivity contribution in [3.05, 3.63) is 29.8 Å². The first-order valence-electron chi connectivity index (χ1n) is 5.55. The van der Waals surface area contributed by atoms with Crippen LogP contribution in [-0.2, 0) is 10.7 Å². The van der Waals surface area contributed by atoms with Crippen LogP contribution in [0, 0.1) is 0 Å². The zero-order valence-corrected chi connectivity index (χ0v) is 11.2. The molecule has 1 aromatic rings. The minimum atomic E-state index is -4.08. The van der Waals surface area contributed by atoms with Crippen molar-refractivity contribution < 1.29 is 29.3 Å². The van der Waals surface area contributed by atoms with Crippen molar-refractivity contribution in [1.82, 2.24) is 0 Å². The Balaban J connectivity index is 2.60. The lowest BCUT2D eigenvalue weighted by molar-refractivity contribution is 0.0785. The Morgan fingerprint density at radius 1 is 1.16 bits per heavy atom. The molecule has 0 aromatic heterocycles. The van der Waals surface area contributed by atoms with Gasteiger partial charge < -0.3 is 30.5 Å². The Labute approximate surface area is 110 Å². The maximum absolute atomic E-state index is 10.8. The van der Waals surface area contributed by atoms with Crippen molar-refractivity contribution in [2.75, 3.05) is 19.8 Å². The zero-order chi connectivity index (χ0) is 14.5. The van der Waals surface area contributed by atoms with E-state index in [4.69, 9.17) is 30.5 Å². The molecule has 0 spiro atoms. The van der Waals surface area contributed by atoms with Gasteiger partial charge in [0.1, 0.15) is 12.4 Å². The number of hydrogen-bond donors (Lipinski definition) is 5. The molecule has 0 atom stereocenters. The molecule has 1 rings (SSSR count). The van der Waals surface area contributed by atoms with E-state index in [-0.39, 0.29) is 12.8 Å². The second-order valence-corrected chi connectivity index (χ2v) is 6.08. The average molecular weight is 291 g/mol. The van der Waals surface area contributed by atoms with E-state index in [2.05, 4.69) is 0 Å². The molecule has 0 aliphatic rings. The van der Waals surface area contributed by atoms with Crippen LogP contribution in [0.5, 0.6) is 5.75 Å². The smallest absolute Gasteiger partial charge is 0.329 e. The molecule has 108 valence electrons.